The summed E-state index contributed by atoms with van der Waals surface area (Å²) >= 11 is 0. The minimum absolute atomic E-state index is 0.0261. The van der Waals surface area contributed by atoms with Gasteiger partial charge in [-0.15, -0.1) is 5.10 Å². The van der Waals surface area contributed by atoms with Crippen LogP contribution in [0.2, 0.25) is 0 Å². The summed E-state index contributed by atoms with van der Waals surface area (Å²) in [6.45, 7) is -0.477. The third-order valence-corrected chi connectivity index (χ3v) is 3.85. The molecule has 0 amide bonds. The molecule has 6 nitrogen and oxygen atoms in total. The Labute approximate surface area is 130 Å². The Balaban J connectivity index is 1.84. The molecule has 124 valence electrons. The number of tetrazole rings is 1. The highest BCUT2D eigenvalue weighted by atomic mass is 19.4. The zero-order chi connectivity index (χ0) is 16.4. The lowest BCUT2D eigenvalue weighted by molar-refractivity contribution is -0.143. The summed E-state index contributed by atoms with van der Waals surface area (Å²) in [6, 6.07) is 7.66. The van der Waals surface area contributed by atoms with Gasteiger partial charge in [-0.2, -0.15) is 13.2 Å². The Morgan fingerprint density at radius 3 is 2.78 bits per heavy atom. The Morgan fingerprint density at radius 1 is 1.26 bits per heavy atom. The first-order valence-electron chi connectivity index (χ1n) is 7.22. The topological polar surface area (TPSA) is 67.1 Å². The minimum Gasteiger partial charge on any atom is -0.396 e. The molecule has 0 radical (unpaired) electrons. The van der Waals surface area contributed by atoms with Crippen molar-refractivity contribution in [2.45, 2.75) is 25.7 Å². The fourth-order valence-corrected chi connectivity index (χ4v) is 2.85. The molecule has 0 bridgehead atoms. The van der Waals surface area contributed by atoms with Crippen molar-refractivity contribution in [3.05, 3.63) is 35.7 Å². The van der Waals surface area contributed by atoms with E-state index in [0.29, 0.717) is 6.54 Å². The van der Waals surface area contributed by atoms with Gasteiger partial charge in [-0.25, -0.2) is 4.68 Å². The number of halogens is 3. The van der Waals surface area contributed by atoms with Gasteiger partial charge in [-0.3, -0.25) is 0 Å². The number of nitrogens with zero attached hydrogens (tertiary/aromatic N) is 5. The van der Waals surface area contributed by atoms with E-state index in [1.165, 1.54) is 0 Å². The molecule has 0 aliphatic carbocycles. The van der Waals surface area contributed by atoms with Crippen molar-refractivity contribution < 1.29 is 18.3 Å². The molecule has 1 unspecified atom stereocenters. The number of aromatic nitrogens is 4. The quantitative estimate of drug-likeness (QED) is 0.920. The number of aliphatic hydroxyl groups excluding tert-OH is 1. The molecule has 1 aliphatic rings. The van der Waals surface area contributed by atoms with Crippen LogP contribution in [0.4, 0.5) is 18.9 Å². The van der Waals surface area contributed by atoms with Crippen LogP contribution in [0, 0.1) is 5.92 Å². The van der Waals surface area contributed by atoms with E-state index in [9.17, 15) is 18.3 Å². The zero-order valence-electron chi connectivity index (χ0n) is 12.2. The third-order valence-electron chi connectivity index (χ3n) is 3.85. The smallest absolute Gasteiger partial charge is 0.396 e. The molecular formula is C14H16F3N5O. The van der Waals surface area contributed by atoms with Crippen molar-refractivity contribution in [3.8, 4) is 0 Å². The largest absolute Gasteiger partial charge is 0.408 e. The van der Waals surface area contributed by atoms with E-state index in [0.717, 1.165) is 22.4 Å². The van der Waals surface area contributed by atoms with E-state index in [1.54, 1.807) is 0 Å². The number of hydrogen-bond acceptors (Lipinski definition) is 5. The maximum Gasteiger partial charge on any atom is 0.408 e. The summed E-state index contributed by atoms with van der Waals surface area (Å²) in [5, 5.41) is 19.9. The Bertz CT molecular complexity index is 672. The van der Waals surface area contributed by atoms with Crippen LogP contribution >= 0.6 is 0 Å². The van der Waals surface area contributed by atoms with Crippen LogP contribution in [0.25, 0.3) is 0 Å². The molecule has 2 heterocycles. The number of anilines is 1. The van der Waals surface area contributed by atoms with Gasteiger partial charge in [0.2, 0.25) is 0 Å². The number of fused-ring (bicyclic) bond motifs is 1. The molecule has 2 aromatic rings. The summed E-state index contributed by atoms with van der Waals surface area (Å²) in [5.74, 6) is 0.188. The Morgan fingerprint density at radius 2 is 2.04 bits per heavy atom. The second kappa shape index (κ2) is 6.15. The van der Waals surface area contributed by atoms with Gasteiger partial charge in [0.15, 0.2) is 5.82 Å². The normalized spacial score (nSPS) is 18.1. The lowest BCUT2D eigenvalue weighted by Crippen LogP contribution is -2.37. The Hall–Kier alpha value is -2.16. The predicted molar refractivity (Wildman–Crippen MR) is 75.6 cm³/mol. The van der Waals surface area contributed by atoms with Gasteiger partial charge in [0, 0.05) is 24.8 Å². The van der Waals surface area contributed by atoms with Gasteiger partial charge < -0.3 is 10.0 Å². The highest BCUT2D eigenvalue weighted by Crippen LogP contribution is 2.30. The number of hydrogen-bond donors (Lipinski definition) is 1. The molecule has 1 aliphatic heterocycles. The summed E-state index contributed by atoms with van der Waals surface area (Å²) in [4.78, 5) is 1.91. The lowest BCUT2D eigenvalue weighted by Gasteiger charge is -2.35. The summed E-state index contributed by atoms with van der Waals surface area (Å²) in [5.41, 5.74) is 2.01. The maximum absolute atomic E-state index is 12.6. The predicted octanol–water partition coefficient (Wildman–Crippen LogP) is 1.41. The van der Waals surface area contributed by atoms with Crippen molar-refractivity contribution in [2.24, 2.45) is 5.92 Å². The molecular weight excluding hydrogens is 311 g/mol. The molecule has 1 aromatic carbocycles. The summed E-state index contributed by atoms with van der Waals surface area (Å²) < 4.78 is 38.5. The Kier molecular flexibility index (Phi) is 4.20. The molecule has 1 N–H and O–H groups in total. The fourth-order valence-electron chi connectivity index (χ4n) is 2.85. The molecule has 9 heteroatoms. The number of aliphatic hydroxyl groups is 1. The first-order valence-corrected chi connectivity index (χ1v) is 7.22. The van der Waals surface area contributed by atoms with Crippen molar-refractivity contribution in [3.63, 3.8) is 0 Å². The average molecular weight is 327 g/mol. The van der Waals surface area contributed by atoms with Crippen LogP contribution in [-0.2, 0) is 19.5 Å². The minimum atomic E-state index is -4.38. The number of para-hydroxylation sites is 1. The van der Waals surface area contributed by atoms with Crippen LogP contribution in [0.1, 0.15) is 11.4 Å². The fraction of sp³-hybridized carbons (Fsp3) is 0.500. The SMILES string of the molecule is OCC1Cc2ccccc2N(Cc2nnnn2CC(F)(F)F)C1. The van der Waals surface area contributed by atoms with E-state index in [-0.39, 0.29) is 24.9 Å². The first kappa shape index (κ1) is 15.7. The highest BCUT2D eigenvalue weighted by Gasteiger charge is 2.31. The van der Waals surface area contributed by atoms with Crippen LogP contribution < -0.4 is 4.90 Å². The van der Waals surface area contributed by atoms with Gasteiger partial charge >= 0.3 is 6.18 Å². The van der Waals surface area contributed by atoms with Crippen LogP contribution in [-0.4, -0.2) is 44.6 Å². The standard InChI is InChI=1S/C14H16F3N5O/c15-14(16,17)9-22-13(18-19-20-22)7-21-6-10(8-23)5-11-3-1-2-4-12(11)21/h1-4,10,23H,5-9H2. The summed E-state index contributed by atoms with van der Waals surface area (Å²) in [7, 11) is 0. The van der Waals surface area contributed by atoms with E-state index < -0.39 is 12.7 Å². The molecule has 0 saturated carbocycles. The van der Waals surface area contributed by atoms with Crippen molar-refractivity contribution in [2.75, 3.05) is 18.1 Å². The molecule has 3 rings (SSSR count). The van der Waals surface area contributed by atoms with Gasteiger partial charge in [0.1, 0.15) is 6.54 Å². The van der Waals surface area contributed by atoms with Gasteiger partial charge in [0.05, 0.1) is 6.54 Å². The van der Waals surface area contributed by atoms with Crippen LogP contribution in [0.3, 0.4) is 0 Å². The number of benzene rings is 1. The second-order valence-electron chi connectivity index (χ2n) is 5.63. The third kappa shape index (κ3) is 3.61. The van der Waals surface area contributed by atoms with E-state index >= 15 is 0 Å². The zero-order valence-corrected chi connectivity index (χ0v) is 12.2. The molecule has 1 atom stereocenters. The van der Waals surface area contributed by atoms with E-state index in [2.05, 4.69) is 15.5 Å². The van der Waals surface area contributed by atoms with Crippen molar-refractivity contribution in [1.82, 2.24) is 20.2 Å². The lowest BCUT2D eigenvalue weighted by atomic mass is 9.93. The molecule has 1 aromatic heterocycles. The second-order valence-corrected chi connectivity index (χ2v) is 5.63. The van der Waals surface area contributed by atoms with Crippen LogP contribution in [0.5, 0.6) is 0 Å². The molecule has 23 heavy (non-hydrogen) atoms. The summed E-state index contributed by atoms with van der Waals surface area (Å²) in [6.07, 6.45) is -3.63. The molecule has 0 saturated heterocycles. The first-order chi connectivity index (χ1) is 11.0. The van der Waals surface area contributed by atoms with Gasteiger partial charge in [-0.05, 0) is 28.5 Å². The van der Waals surface area contributed by atoms with Gasteiger partial charge in [0.25, 0.3) is 0 Å². The maximum atomic E-state index is 12.6. The molecule has 0 spiro atoms. The van der Waals surface area contributed by atoms with E-state index in [1.807, 2.05) is 29.2 Å². The van der Waals surface area contributed by atoms with Gasteiger partial charge in [-0.1, -0.05) is 18.2 Å². The van der Waals surface area contributed by atoms with Crippen molar-refractivity contribution >= 4 is 5.69 Å². The monoisotopic (exact) mass is 327 g/mol. The average Bonchev–Trinajstić information content (AvgIpc) is 2.92. The van der Waals surface area contributed by atoms with Crippen LogP contribution in [0.15, 0.2) is 24.3 Å². The van der Waals surface area contributed by atoms with Crippen molar-refractivity contribution in [1.29, 1.82) is 0 Å². The number of rotatable bonds is 4. The van der Waals surface area contributed by atoms with E-state index in [4.69, 9.17) is 0 Å². The molecule has 0 fully saturated rings. The number of alkyl halides is 3. The highest BCUT2D eigenvalue weighted by molar-refractivity contribution is 5.55.